The molecular formula is C63H89N7O17S. The number of ether oxygens (including phenoxy) is 1. The molecule has 3 heterocycles. The van der Waals surface area contributed by atoms with Gasteiger partial charge in [-0.1, -0.05) is 108 Å². The summed E-state index contributed by atoms with van der Waals surface area (Å²) < 4.78 is 5.96. The Morgan fingerprint density at radius 2 is 1.35 bits per heavy atom. The van der Waals surface area contributed by atoms with Crippen molar-refractivity contribution in [1.29, 1.82) is 0 Å². The Morgan fingerprint density at radius 1 is 0.727 bits per heavy atom. The third kappa shape index (κ3) is 20.2. The SMILES string of the molecule is CCC(C)CC(C)CCCCCCCCC(=O)N[C@H]1C[C@@H](O)[C@@H](Sc2ccc(Oc3ccccc3)cc2)NC(=O)[C@@H]2[C@@H](O)CCN2C(=O)[C@H]([C@H](O)CC(N)=O)NC(=O)[C@H]([C@H](O)[C@@H](O)c2ccc(O)cc2)CC(=O)[C@@H]2C[C@@H](O)CN2C(=O)[C@H]([C@@H](C)O)NC1=O. The molecule has 0 bridgehead atoms. The zero-order valence-electron chi connectivity index (χ0n) is 50.4. The molecule has 3 fully saturated rings. The smallest absolute Gasteiger partial charge is 0.248 e. The number of carbonyl (C=O) groups is 8. The van der Waals surface area contributed by atoms with E-state index in [1.165, 1.54) is 18.6 Å². The van der Waals surface area contributed by atoms with Gasteiger partial charge in [-0.3, -0.25) is 38.4 Å². The molecule has 0 spiro atoms. The number of para-hydroxylation sites is 1. The Labute approximate surface area is 517 Å². The van der Waals surface area contributed by atoms with Crippen LogP contribution in [-0.4, -0.2) is 183 Å². The summed E-state index contributed by atoms with van der Waals surface area (Å²) in [6.07, 6.45) is -7.95. The molecule has 3 aromatic rings. The van der Waals surface area contributed by atoms with Gasteiger partial charge < -0.3 is 82.4 Å². The van der Waals surface area contributed by atoms with Crippen LogP contribution in [0.3, 0.4) is 0 Å². The summed E-state index contributed by atoms with van der Waals surface area (Å²) >= 11 is 0.865. The zero-order chi connectivity index (χ0) is 64.4. The van der Waals surface area contributed by atoms with E-state index in [1.54, 1.807) is 48.5 Å². The average molecular weight is 1250 g/mol. The molecule has 24 nitrogen and oxygen atoms in total. The quantitative estimate of drug-likeness (QED) is 0.0572. The molecule has 88 heavy (non-hydrogen) atoms. The van der Waals surface area contributed by atoms with Crippen LogP contribution in [0.2, 0.25) is 0 Å². The Hall–Kier alpha value is -6.71. The first kappa shape index (κ1) is 70.4. The van der Waals surface area contributed by atoms with Gasteiger partial charge in [-0.2, -0.15) is 0 Å². The molecule has 3 saturated heterocycles. The Morgan fingerprint density at radius 3 is 2.00 bits per heavy atom. The fraction of sp³-hybridized carbons (Fsp3) is 0.587. The molecular weight excluding hydrogens is 1160 g/mol. The predicted molar refractivity (Wildman–Crippen MR) is 323 cm³/mol. The van der Waals surface area contributed by atoms with Crippen LogP contribution in [-0.2, 0) is 38.4 Å². The summed E-state index contributed by atoms with van der Waals surface area (Å²) in [5.74, 6) is -8.80. The van der Waals surface area contributed by atoms with Gasteiger partial charge in [0.05, 0.1) is 55.0 Å². The lowest BCUT2D eigenvalue weighted by Crippen LogP contribution is -2.61. The van der Waals surface area contributed by atoms with Crippen molar-refractivity contribution in [2.75, 3.05) is 13.1 Å². The third-order valence-corrected chi connectivity index (χ3v) is 17.9. The first-order valence-corrected chi connectivity index (χ1v) is 31.4. The number of hydrogen-bond acceptors (Lipinski definition) is 18. The first-order valence-electron chi connectivity index (χ1n) is 30.5. The molecule has 3 aromatic carbocycles. The molecule has 3 aliphatic heterocycles. The molecule has 0 aliphatic carbocycles. The van der Waals surface area contributed by atoms with Gasteiger partial charge in [0, 0.05) is 43.7 Å². The number of phenolic OH excluding ortho intramolecular Hbond substituents is 1. The van der Waals surface area contributed by atoms with Crippen molar-refractivity contribution in [1.82, 2.24) is 31.1 Å². The Balaban J connectivity index is 1.38. The number of rotatable bonds is 24. The zero-order valence-corrected chi connectivity index (χ0v) is 51.2. The summed E-state index contributed by atoms with van der Waals surface area (Å²) in [6.45, 7) is 6.95. The van der Waals surface area contributed by atoms with E-state index in [0.29, 0.717) is 41.1 Å². The minimum Gasteiger partial charge on any atom is -0.508 e. The Bertz CT molecular complexity index is 2800. The lowest BCUT2D eigenvalue weighted by Gasteiger charge is -2.34. The highest BCUT2D eigenvalue weighted by Gasteiger charge is 2.49. The maximum Gasteiger partial charge on any atom is 0.248 e. The van der Waals surface area contributed by atoms with Crippen molar-refractivity contribution < 1.29 is 83.9 Å². The topological polar surface area (TPSA) is 388 Å². The van der Waals surface area contributed by atoms with Crippen LogP contribution in [0.5, 0.6) is 17.2 Å². The molecule has 6 rings (SSSR count). The van der Waals surface area contributed by atoms with Crippen LogP contribution in [0.4, 0.5) is 0 Å². The summed E-state index contributed by atoms with van der Waals surface area (Å²) in [4.78, 5) is 117. The number of aliphatic hydroxyl groups excluding tert-OH is 7. The van der Waals surface area contributed by atoms with E-state index in [-0.39, 0.29) is 24.2 Å². The van der Waals surface area contributed by atoms with Crippen molar-refractivity contribution >= 4 is 58.9 Å². The van der Waals surface area contributed by atoms with E-state index in [4.69, 9.17) is 10.5 Å². The lowest BCUT2D eigenvalue weighted by atomic mass is 9.86. The number of carbonyl (C=O) groups excluding carboxylic acids is 8. The molecule has 2 unspecified atom stereocenters. The van der Waals surface area contributed by atoms with Crippen LogP contribution >= 0.6 is 11.8 Å². The van der Waals surface area contributed by atoms with Gasteiger partial charge in [0.25, 0.3) is 0 Å². The molecule has 14 N–H and O–H groups in total. The first-order chi connectivity index (χ1) is 41.8. The molecule has 0 radical (unpaired) electrons. The van der Waals surface area contributed by atoms with Crippen LogP contribution in [0.25, 0.3) is 0 Å². The van der Waals surface area contributed by atoms with Gasteiger partial charge in [0.2, 0.25) is 41.4 Å². The van der Waals surface area contributed by atoms with Gasteiger partial charge in [0.1, 0.15) is 52.9 Å². The van der Waals surface area contributed by atoms with Crippen molar-refractivity contribution in [3.8, 4) is 17.2 Å². The number of nitrogens with zero attached hydrogens (tertiary/aromatic N) is 2. The van der Waals surface area contributed by atoms with Gasteiger partial charge >= 0.3 is 0 Å². The molecule has 7 amide bonds. The number of fused-ring (bicyclic) bond motifs is 2. The van der Waals surface area contributed by atoms with Crippen LogP contribution in [0.15, 0.2) is 83.8 Å². The van der Waals surface area contributed by atoms with Crippen molar-refractivity contribution in [3.63, 3.8) is 0 Å². The normalized spacial score (nSPS) is 26.4. The minimum atomic E-state index is -2.25. The fourth-order valence-corrected chi connectivity index (χ4v) is 12.6. The number of aromatic hydroxyl groups is 1. The second kappa shape index (κ2) is 33.8. The number of nitrogens with one attached hydrogen (secondary N) is 4. The number of amides is 7. The van der Waals surface area contributed by atoms with Gasteiger partial charge in [0.15, 0.2) is 5.78 Å². The number of hydrogen-bond donors (Lipinski definition) is 13. The number of nitrogens with two attached hydrogens (primary N) is 1. The second-order valence-corrected chi connectivity index (χ2v) is 25.1. The van der Waals surface area contributed by atoms with Crippen LogP contribution in [0.1, 0.15) is 136 Å². The average Bonchev–Trinajstić information content (AvgIpc) is 1.98. The van der Waals surface area contributed by atoms with Crippen LogP contribution < -0.4 is 31.7 Å². The number of unbranched alkanes of at least 4 members (excludes halogenated alkanes) is 5. The minimum absolute atomic E-state index is 0.0517. The predicted octanol–water partition coefficient (Wildman–Crippen LogP) is 2.34. The van der Waals surface area contributed by atoms with E-state index < -0.39 is 170 Å². The monoisotopic (exact) mass is 1250 g/mol. The maximum absolute atomic E-state index is 14.9. The number of primary amides is 1. The van der Waals surface area contributed by atoms with Crippen LogP contribution in [0, 0.1) is 17.8 Å². The van der Waals surface area contributed by atoms with Gasteiger partial charge in [-0.25, -0.2) is 0 Å². The number of aliphatic hydroxyl groups is 7. The molecule has 3 aliphatic rings. The van der Waals surface area contributed by atoms with E-state index in [2.05, 4.69) is 42.0 Å². The number of ketones is 1. The summed E-state index contributed by atoms with van der Waals surface area (Å²) in [7, 11) is 0. The van der Waals surface area contributed by atoms with E-state index in [9.17, 15) is 79.2 Å². The summed E-state index contributed by atoms with van der Waals surface area (Å²) in [6, 6.07) is 10.8. The number of phenols is 1. The van der Waals surface area contributed by atoms with E-state index in [0.717, 1.165) is 79.1 Å². The van der Waals surface area contributed by atoms with Crippen molar-refractivity contribution in [2.24, 2.45) is 23.5 Å². The van der Waals surface area contributed by atoms with Gasteiger partial charge in [-0.15, -0.1) is 0 Å². The Kier molecular flexibility index (Phi) is 27.0. The number of benzene rings is 3. The maximum atomic E-state index is 14.9. The van der Waals surface area contributed by atoms with E-state index in [1.807, 2.05) is 6.07 Å². The van der Waals surface area contributed by atoms with Gasteiger partial charge in [-0.05, 0) is 92.1 Å². The molecule has 484 valence electrons. The summed E-state index contributed by atoms with van der Waals surface area (Å²) in [5.41, 5.74) is 5.39. The molecule has 16 atom stereocenters. The molecule has 0 saturated carbocycles. The van der Waals surface area contributed by atoms with Crippen molar-refractivity contribution in [2.45, 2.75) is 207 Å². The highest BCUT2D eigenvalue weighted by atomic mass is 32.2. The molecule has 25 heteroatoms. The van der Waals surface area contributed by atoms with E-state index >= 15 is 0 Å². The number of Topliss-reactive ketones (excluding diaryl/α,β-unsaturated/α-hetero) is 1. The largest absolute Gasteiger partial charge is 0.508 e. The standard InChI is InChI=1S/C63H89N7O17S/c1-5-35(2)29-36(3)15-11-8-6-7-9-14-18-52(79)65-45-32-50(77)61(88-43-25-23-42(24-26-43)87-41-16-12-10-13-17-41)68-60(84)55-47(74)27-28-69(55)63(86)54(49(76)33-51(64)78)67-58(82)44(57(81)56(80)38-19-21-39(72)22-20-38)31-48(75)46-30-40(73)34-70(46)62(85)53(37(4)71)66-59(45)83/h10,12-13,16-17,19-26,35-37,40,44-47,49-50,53-57,61,71-74,76-77,80-81H,5-9,11,14-15,18,27-34H2,1-4H3,(H2,64,78)(H,65,79)(H,66,83)(H,67,82)(H,68,84)/t35?,36?,37-,40-,44+,45+,46+,47+,49-,50-,53+,54+,55+,56+,57+,61-/m1/s1. The fourth-order valence-electron chi connectivity index (χ4n) is 11.5. The lowest BCUT2D eigenvalue weighted by molar-refractivity contribution is -0.149. The second-order valence-electron chi connectivity index (χ2n) is 23.9. The van der Waals surface area contributed by atoms with Crippen molar-refractivity contribution in [3.05, 3.63) is 84.4 Å². The highest BCUT2D eigenvalue weighted by Crippen LogP contribution is 2.33. The molecule has 0 aromatic heterocycles. The highest BCUT2D eigenvalue weighted by molar-refractivity contribution is 8.00. The third-order valence-electron chi connectivity index (χ3n) is 16.7. The summed E-state index contributed by atoms with van der Waals surface area (Å²) in [5, 5.41) is 99.7. The number of thioether (sulfide) groups is 1.